The average Bonchev–Trinajstić information content (AvgIpc) is 1.50. The quantitative estimate of drug-likeness (QED) is 0.593. The van der Waals surface area contributed by atoms with Crippen molar-refractivity contribution in [2.45, 2.75) is 35.6 Å². The first-order valence-corrected chi connectivity index (χ1v) is 1.71. The van der Waals surface area contributed by atoms with Crippen LogP contribution in [0.4, 0.5) is 0 Å². The molecule has 0 nitrogen and oxygen atoms in total. The molecular weight excluding hydrogens is 250 g/mol. The van der Waals surface area contributed by atoms with E-state index >= 15 is 0 Å². The van der Waals surface area contributed by atoms with Crippen LogP contribution in [0.3, 0.4) is 0 Å². The van der Waals surface area contributed by atoms with Crippen molar-refractivity contribution < 1.29 is 65.4 Å². The predicted molar refractivity (Wildman–Crippen MR) is 35.8 cm³/mol. The third-order valence-electron chi connectivity index (χ3n) is 0. The Bertz CT molecular complexity index is 6.49. The molecule has 0 fully saturated rings. The van der Waals surface area contributed by atoms with Gasteiger partial charge in [0.1, 0.15) is 0 Å². The Morgan fingerprint density at radius 3 is 0.750 bits per heavy atom. The first kappa shape index (κ1) is 48.9. The number of hydrogen-bond acceptors (Lipinski definition) is 0. The Morgan fingerprint density at radius 2 is 0.750 bits per heavy atom. The van der Waals surface area contributed by atoms with Crippen LogP contribution >= 0.6 is 0 Å². The number of rotatable bonds is 0. The number of hydrogen-bond donors (Lipinski definition) is 0. The SMILES string of the molecule is C.C.CC.[CH2-]C.[Y].[Y]. The second-order valence-electron chi connectivity index (χ2n) is 0. The van der Waals surface area contributed by atoms with E-state index in [4.69, 9.17) is 0 Å². The molecule has 50 valence electrons. The Balaban J connectivity index is -0.00000000167. The van der Waals surface area contributed by atoms with Crippen LogP contribution in [-0.4, -0.2) is 0 Å². The minimum atomic E-state index is 0. The molecule has 0 bridgehead atoms. The van der Waals surface area contributed by atoms with E-state index in [1.54, 1.807) is 6.92 Å². The average molecular weight is 269 g/mol. The molecule has 0 saturated heterocycles. The first-order valence-electron chi connectivity index (χ1n) is 1.71. The van der Waals surface area contributed by atoms with E-state index in [1.165, 1.54) is 0 Å². The van der Waals surface area contributed by atoms with E-state index in [0.717, 1.165) is 0 Å². The van der Waals surface area contributed by atoms with E-state index in [2.05, 4.69) is 6.92 Å². The van der Waals surface area contributed by atoms with Crippen molar-refractivity contribution in [2.75, 3.05) is 0 Å². The van der Waals surface area contributed by atoms with Crippen molar-refractivity contribution in [1.82, 2.24) is 0 Å². The van der Waals surface area contributed by atoms with E-state index in [-0.39, 0.29) is 80.3 Å². The maximum Gasteiger partial charge on any atom is 0 e. The maximum atomic E-state index is 3.25. The first-order chi connectivity index (χ1) is 2.00. The molecule has 0 atom stereocenters. The monoisotopic (exact) mass is 269 g/mol. The maximum absolute atomic E-state index is 3.25. The summed E-state index contributed by atoms with van der Waals surface area (Å²) in [5, 5.41) is 0. The van der Waals surface area contributed by atoms with Crippen LogP contribution in [0.2, 0.25) is 0 Å². The van der Waals surface area contributed by atoms with Gasteiger partial charge in [0.2, 0.25) is 0 Å². The second kappa shape index (κ2) is 127. The van der Waals surface area contributed by atoms with Crippen molar-refractivity contribution in [3.63, 3.8) is 0 Å². The van der Waals surface area contributed by atoms with Crippen molar-refractivity contribution in [2.24, 2.45) is 0 Å². The minimum Gasteiger partial charge on any atom is -0.346 e. The van der Waals surface area contributed by atoms with E-state index < -0.39 is 0 Å². The van der Waals surface area contributed by atoms with Gasteiger partial charge in [-0.2, -0.15) is 6.92 Å². The topological polar surface area (TPSA) is 0 Å². The van der Waals surface area contributed by atoms with Crippen LogP contribution in [0.1, 0.15) is 35.6 Å². The van der Waals surface area contributed by atoms with Crippen molar-refractivity contribution in [1.29, 1.82) is 0 Å². The van der Waals surface area contributed by atoms with Gasteiger partial charge in [-0.15, -0.1) is 0 Å². The Morgan fingerprint density at radius 1 is 0.750 bits per heavy atom. The molecule has 0 aromatic rings. The molecule has 2 radical (unpaired) electrons. The molecule has 0 aliphatic rings. The second-order valence-corrected chi connectivity index (χ2v) is 0. The molecular formula is C6H19Y2-. The fraction of sp³-hybridized carbons (Fsp3) is 0.833. The van der Waals surface area contributed by atoms with Crippen molar-refractivity contribution >= 4 is 0 Å². The Hall–Kier alpha value is 2.21. The van der Waals surface area contributed by atoms with Gasteiger partial charge in [0.25, 0.3) is 0 Å². The van der Waals surface area contributed by atoms with Gasteiger partial charge < -0.3 is 6.92 Å². The van der Waals surface area contributed by atoms with Crippen LogP contribution in [0.15, 0.2) is 0 Å². The van der Waals surface area contributed by atoms with Gasteiger partial charge in [-0.1, -0.05) is 28.7 Å². The molecule has 0 N–H and O–H groups in total. The summed E-state index contributed by atoms with van der Waals surface area (Å²) in [6.07, 6.45) is 0. The van der Waals surface area contributed by atoms with Gasteiger partial charge in [0.15, 0.2) is 0 Å². The van der Waals surface area contributed by atoms with Crippen LogP contribution < -0.4 is 0 Å². The van der Waals surface area contributed by atoms with Gasteiger partial charge in [-0.3, -0.25) is 0 Å². The Kier molecular flexibility index (Phi) is 778. The van der Waals surface area contributed by atoms with Crippen LogP contribution in [0.5, 0.6) is 0 Å². The minimum absolute atomic E-state index is 0. The molecule has 0 unspecified atom stereocenters. The van der Waals surface area contributed by atoms with Crippen molar-refractivity contribution in [3.8, 4) is 0 Å². The zero-order valence-electron chi connectivity index (χ0n) is 4.86. The third kappa shape index (κ3) is 87.5. The summed E-state index contributed by atoms with van der Waals surface area (Å²) in [5.74, 6) is 0. The molecule has 0 aromatic heterocycles. The normalized spacial score (nSPS) is 1.50. The fourth-order valence-electron chi connectivity index (χ4n) is 0. The fourth-order valence-corrected chi connectivity index (χ4v) is 0. The van der Waals surface area contributed by atoms with Gasteiger partial charge in [-0.05, 0) is 0 Å². The molecule has 0 heterocycles. The summed E-state index contributed by atoms with van der Waals surface area (Å²) in [6.45, 7) is 9.00. The van der Waals surface area contributed by atoms with Gasteiger partial charge in [0, 0.05) is 65.4 Å². The zero-order valence-corrected chi connectivity index (χ0v) is 10.5. The van der Waals surface area contributed by atoms with Crippen molar-refractivity contribution in [3.05, 3.63) is 6.92 Å². The summed E-state index contributed by atoms with van der Waals surface area (Å²) < 4.78 is 0. The molecule has 0 amide bonds. The van der Waals surface area contributed by atoms with E-state index in [0.29, 0.717) is 0 Å². The molecule has 8 heavy (non-hydrogen) atoms. The summed E-state index contributed by atoms with van der Waals surface area (Å²) in [5.41, 5.74) is 0. The van der Waals surface area contributed by atoms with Crippen LogP contribution in [0, 0.1) is 6.92 Å². The molecule has 0 aliphatic heterocycles. The van der Waals surface area contributed by atoms with E-state index in [9.17, 15) is 0 Å². The summed E-state index contributed by atoms with van der Waals surface area (Å²) in [7, 11) is 0. The van der Waals surface area contributed by atoms with Gasteiger partial charge >= 0.3 is 0 Å². The molecule has 2 heteroatoms. The van der Waals surface area contributed by atoms with E-state index in [1.807, 2.05) is 13.8 Å². The van der Waals surface area contributed by atoms with Crippen LogP contribution in [0.25, 0.3) is 0 Å². The molecule has 0 spiro atoms. The molecule has 0 aromatic carbocycles. The summed E-state index contributed by atoms with van der Waals surface area (Å²) in [4.78, 5) is 0. The van der Waals surface area contributed by atoms with Gasteiger partial charge in [0.05, 0.1) is 0 Å². The molecule has 0 rings (SSSR count). The predicted octanol–water partition coefficient (Wildman–Crippen LogP) is 3.13. The molecule has 0 aliphatic carbocycles. The summed E-state index contributed by atoms with van der Waals surface area (Å²) >= 11 is 0. The summed E-state index contributed by atoms with van der Waals surface area (Å²) in [6, 6.07) is 0. The Labute approximate surface area is 106 Å². The van der Waals surface area contributed by atoms with Crippen LogP contribution in [-0.2, 0) is 65.4 Å². The standard InChI is InChI=1S/C2H6.C2H5.2CH4.2Y/c2*1-2;;;;/h1-2H3;1H2,2H3;2*1H4;;/q;-1;;;;. The molecule has 0 saturated carbocycles. The smallest absolute Gasteiger partial charge is 0 e. The third-order valence-corrected chi connectivity index (χ3v) is 0. The zero-order chi connectivity index (χ0) is 4.00. The van der Waals surface area contributed by atoms with Gasteiger partial charge in [-0.25, -0.2) is 0 Å². The largest absolute Gasteiger partial charge is 0.346 e.